The van der Waals surface area contributed by atoms with E-state index in [1.54, 1.807) is 6.07 Å². The van der Waals surface area contributed by atoms with Gasteiger partial charge in [0.15, 0.2) is 0 Å². The third kappa shape index (κ3) is 2.17. The van der Waals surface area contributed by atoms with Crippen LogP contribution in [-0.4, -0.2) is 17.4 Å². The molecule has 2 rings (SSSR count). The fourth-order valence-electron chi connectivity index (χ4n) is 1.55. The van der Waals surface area contributed by atoms with E-state index in [9.17, 15) is 4.79 Å². The fourth-order valence-corrected chi connectivity index (χ4v) is 1.69. The zero-order valence-corrected chi connectivity index (χ0v) is 10.2. The summed E-state index contributed by atoms with van der Waals surface area (Å²) in [5.41, 5.74) is 1.51. The third-order valence-electron chi connectivity index (χ3n) is 2.27. The maximum Gasteiger partial charge on any atom is 0.253 e. The molecule has 1 amide bonds. The topological polar surface area (TPSA) is 44.9 Å². The van der Waals surface area contributed by atoms with E-state index in [1.165, 1.54) is 0 Å². The molecule has 0 radical (unpaired) electrons. The number of carbonyl (C=O) groups excluding carboxylic acids is 1. The van der Waals surface area contributed by atoms with Crippen molar-refractivity contribution < 1.29 is 4.79 Å². The summed E-state index contributed by atoms with van der Waals surface area (Å²) >= 11 is 3.20. The van der Waals surface area contributed by atoms with Gasteiger partial charge in [-0.15, -0.1) is 0 Å². The van der Waals surface area contributed by atoms with Gasteiger partial charge in [0.05, 0.1) is 11.1 Å². The number of rotatable bonds is 3. The van der Waals surface area contributed by atoms with Crippen molar-refractivity contribution in [2.75, 3.05) is 6.54 Å². The van der Waals surface area contributed by atoms with Gasteiger partial charge >= 0.3 is 0 Å². The van der Waals surface area contributed by atoms with Crippen LogP contribution in [0.5, 0.6) is 0 Å². The molecule has 16 heavy (non-hydrogen) atoms. The lowest BCUT2D eigenvalue weighted by Gasteiger charge is -2.05. The van der Waals surface area contributed by atoms with Crippen molar-refractivity contribution in [3.63, 3.8) is 0 Å². The molecule has 0 saturated carbocycles. The predicted octanol–water partition coefficient (Wildman–Crippen LogP) is 2.81. The van der Waals surface area contributed by atoms with Gasteiger partial charge in [0.1, 0.15) is 0 Å². The molecular weight excluding hydrogens is 268 g/mol. The van der Waals surface area contributed by atoms with Crippen LogP contribution in [0.2, 0.25) is 0 Å². The van der Waals surface area contributed by atoms with E-state index >= 15 is 0 Å². The first kappa shape index (κ1) is 11.0. The Hall–Kier alpha value is -1.55. The number of aromatic amines is 1. The maximum atomic E-state index is 11.9. The number of amides is 1. The summed E-state index contributed by atoms with van der Waals surface area (Å²) in [7, 11) is 0. The molecule has 0 spiro atoms. The summed E-state index contributed by atoms with van der Waals surface area (Å²) in [5, 5.41) is 3.81. The summed E-state index contributed by atoms with van der Waals surface area (Å²) in [5.74, 6) is -0.103. The minimum absolute atomic E-state index is 0.103. The summed E-state index contributed by atoms with van der Waals surface area (Å²) in [6.07, 6.45) is 1.82. The molecule has 2 N–H and O–H groups in total. The highest BCUT2D eigenvalue weighted by molar-refractivity contribution is 9.11. The smallest absolute Gasteiger partial charge is 0.253 e. The molecule has 0 fully saturated rings. The number of nitrogens with one attached hydrogen (secondary N) is 2. The Morgan fingerprint density at radius 3 is 3.00 bits per heavy atom. The molecular formula is C12H11BrN2O. The van der Waals surface area contributed by atoms with E-state index in [4.69, 9.17) is 0 Å². The van der Waals surface area contributed by atoms with Gasteiger partial charge in [-0.1, -0.05) is 34.6 Å². The van der Waals surface area contributed by atoms with Crippen LogP contribution < -0.4 is 5.32 Å². The Morgan fingerprint density at radius 1 is 1.44 bits per heavy atom. The van der Waals surface area contributed by atoms with Gasteiger partial charge in [-0.3, -0.25) is 4.79 Å². The highest BCUT2D eigenvalue weighted by atomic mass is 79.9. The highest BCUT2D eigenvalue weighted by Crippen LogP contribution is 2.16. The second-order valence-electron chi connectivity index (χ2n) is 3.45. The second kappa shape index (κ2) is 4.53. The molecule has 0 unspecified atom stereocenters. The number of para-hydroxylation sites is 1. The molecule has 1 aromatic heterocycles. The van der Waals surface area contributed by atoms with E-state index < -0.39 is 0 Å². The molecule has 82 valence electrons. The summed E-state index contributed by atoms with van der Waals surface area (Å²) in [6.45, 7) is 4.09. The second-order valence-corrected chi connectivity index (χ2v) is 4.57. The van der Waals surface area contributed by atoms with Crippen molar-refractivity contribution in [1.29, 1.82) is 0 Å². The van der Waals surface area contributed by atoms with Crippen molar-refractivity contribution in [3.8, 4) is 0 Å². The van der Waals surface area contributed by atoms with Crippen molar-refractivity contribution in [2.45, 2.75) is 0 Å². The molecule has 0 aliphatic carbocycles. The van der Waals surface area contributed by atoms with Crippen molar-refractivity contribution in [3.05, 3.63) is 47.1 Å². The Balaban J connectivity index is 2.29. The number of fused-ring (bicyclic) bond motifs is 1. The third-order valence-corrected chi connectivity index (χ3v) is 2.55. The number of hydrogen-bond donors (Lipinski definition) is 2. The van der Waals surface area contributed by atoms with Crippen molar-refractivity contribution in [1.82, 2.24) is 10.3 Å². The molecule has 0 aliphatic heterocycles. The van der Waals surface area contributed by atoms with E-state index in [0.717, 1.165) is 15.4 Å². The Bertz CT molecular complexity index is 545. The van der Waals surface area contributed by atoms with Gasteiger partial charge in [-0.2, -0.15) is 0 Å². The molecule has 0 saturated heterocycles. The van der Waals surface area contributed by atoms with Gasteiger partial charge in [-0.05, 0) is 12.1 Å². The van der Waals surface area contributed by atoms with Crippen LogP contribution in [0.4, 0.5) is 0 Å². The van der Waals surface area contributed by atoms with Crippen LogP contribution in [0, 0.1) is 0 Å². The van der Waals surface area contributed by atoms with Gasteiger partial charge in [-0.25, -0.2) is 0 Å². The lowest BCUT2D eigenvalue weighted by atomic mass is 10.1. The predicted molar refractivity (Wildman–Crippen MR) is 68.7 cm³/mol. The SMILES string of the molecule is C=C(Br)CNC(=O)c1cccc2cc[nH]c12. The standard InChI is InChI=1S/C12H11BrN2O/c1-8(13)7-15-12(16)10-4-2-3-9-5-6-14-11(9)10/h2-6,14H,1,7H2,(H,15,16). The number of benzene rings is 1. The largest absolute Gasteiger partial charge is 0.361 e. The maximum absolute atomic E-state index is 11.9. The average Bonchev–Trinajstić information content (AvgIpc) is 2.73. The van der Waals surface area contributed by atoms with E-state index in [-0.39, 0.29) is 5.91 Å². The highest BCUT2D eigenvalue weighted by Gasteiger charge is 2.09. The van der Waals surface area contributed by atoms with Crippen LogP contribution >= 0.6 is 15.9 Å². The normalized spacial score (nSPS) is 10.3. The lowest BCUT2D eigenvalue weighted by molar-refractivity contribution is 0.0959. The summed E-state index contributed by atoms with van der Waals surface area (Å²) in [4.78, 5) is 14.9. The molecule has 0 bridgehead atoms. The van der Waals surface area contributed by atoms with Gasteiger partial charge in [0.25, 0.3) is 5.91 Å². The molecule has 0 atom stereocenters. The van der Waals surface area contributed by atoms with E-state index in [2.05, 4.69) is 32.8 Å². The lowest BCUT2D eigenvalue weighted by Crippen LogP contribution is -2.24. The molecule has 3 nitrogen and oxygen atoms in total. The molecule has 4 heteroatoms. The fraction of sp³-hybridized carbons (Fsp3) is 0.0833. The zero-order chi connectivity index (χ0) is 11.5. The van der Waals surface area contributed by atoms with Crippen LogP contribution in [0.25, 0.3) is 10.9 Å². The summed E-state index contributed by atoms with van der Waals surface area (Å²) in [6, 6.07) is 7.57. The van der Waals surface area contributed by atoms with Crippen LogP contribution in [0.1, 0.15) is 10.4 Å². The molecule has 0 aliphatic rings. The van der Waals surface area contributed by atoms with Crippen LogP contribution in [0.3, 0.4) is 0 Å². The molecule has 1 aromatic carbocycles. The van der Waals surface area contributed by atoms with Crippen molar-refractivity contribution >= 4 is 32.7 Å². The number of hydrogen-bond acceptors (Lipinski definition) is 1. The molecule has 2 aromatic rings. The minimum atomic E-state index is -0.103. The van der Waals surface area contributed by atoms with Crippen LogP contribution in [-0.2, 0) is 0 Å². The first-order chi connectivity index (χ1) is 7.68. The average molecular weight is 279 g/mol. The van der Waals surface area contributed by atoms with Gasteiger partial charge in [0.2, 0.25) is 0 Å². The van der Waals surface area contributed by atoms with Gasteiger partial charge < -0.3 is 10.3 Å². The summed E-state index contributed by atoms with van der Waals surface area (Å²) < 4.78 is 0.750. The van der Waals surface area contributed by atoms with Crippen LogP contribution in [0.15, 0.2) is 41.5 Å². The number of H-pyrrole nitrogens is 1. The quantitative estimate of drug-likeness (QED) is 0.891. The van der Waals surface area contributed by atoms with Crippen molar-refractivity contribution in [2.24, 2.45) is 0 Å². The van der Waals surface area contributed by atoms with E-state index in [0.29, 0.717) is 12.1 Å². The zero-order valence-electron chi connectivity index (χ0n) is 8.59. The Labute approximate surface area is 102 Å². The van der Waals surface area contributed by atoms with Gasteiger partial charge in [0, 0.05) is 22.6 Å². The Morgan fingerprint density at radius 2 is 2.25 bits per heavy atom. The molecule has 1 heterocycles. The first-order valence-electron chi connectivity index (χ1n) is 4.86. The Kier molecular flexibility index (Phi) is 3.10. The monoisotopic (exact) mass is 278 g/mol. The van der Waals surface area contributed by atoms with E-state index in [1.807, 2.05) is 24.4 Å². The number of carbonyl (C=O) groups is 1. The first-order valence-corrected chi connectivity index (χ1v) is 5.65. The minimum Gasteiger partial charge on any atom is -0.361 e. The number of halogens is 1. The number of aromatic nitrogens is 1.